The Hall–Kier alpha value is -2.76. The Bertz CT molecular complexity index is 840. The molecule has 1 aliphatic rings. The molecule has 0 radical (unpaired) electrons. The van der Waals surface area contributed by atoms with Crippen LogP contribution in [0.15, 0.2) is 54.6 Å². The molecule has 0 saturated heterocycles. The molecule has 5 nitrogen and oxygen atoms in total. The number of tetrazole rings is 1. The van der Waals surface area contributed by atoms with Gasteiger partial charge in [-0.25, -0.2) is 9.07 Å². The van der Waals surface area contributed by atoms with E-state index in [2.05, 4.69) is 32.6 Å². The highest BCUT2D eigenvalue weighted by atomic mass is 19.1. The SMILES string of the molecule is CN(c1ccccc1)[C@@H](c1ccc(F)cc1)c1nnnn1C1CCCC1. The normalized spacial score (nSPS) is 15.9. The maximum atomic E-state index is 13.5. The number of hydrogen-bond acceptors (Lipinski definition) is 4. The third-order valence-corrected chi connectivity index (χ3v) is 5.17. The lowest BCUT2D eigenvalue weighted by Crippen LogP contribution is -2.29. The van der Waals surface area contributed by atoms with Crippen LogP contribution in [0.25, 0.3) is 0 Å². The Kier molecular flexibility index (Phi) is 4.65. The number of nitrogens with zero attached hydrogens (tertiary/aromatic N) is 5. The minimum Gasteiger partial charge on any atom is -0.360 e. The number of benzene rings is 2. The van der Waals surface area contributed by atoms with Crippen LogP contribution >= 0.6 is 0 Å². The summed E-state index contributed by atoms with van der Waals surface area (Å²) in [6.45, 7) is 0. The van der Waals surface area contributed by atoms with Crippen molar-refractivity contribution in [2.75, 3.05) is 11.9 Å². The van der Waals surface area contributed by atoms with Crippen LogP contribution in [-0.4, -0.2) is 27.3 Å². The van der Waals surface area contributed by atoms with E-state index in [1.165, 1.54) is 25.0 Å². The van der Waals surface area contributed by atoms with E-state index in [1.54, 1.807) is 0 Å². The summed E-state index contributed by atoms with van der Waals surface area (Å²) in [6.07, 6.45) is 4.62. The summed E-state index contributed by atoms with van der Waals surface area (Å²) < 4.78 is 15.5. The smallest absolute Gasteiger partial charge is 0.178 e. The van der Waals surface area contributed by atoms with E-state index in [1.807, 2.05) is 42.1 Å². The topological polar surface area (TPSA) is 46.8 Å². The van der Waals surface area contributed by atoms with Gasteiger partial charge in [0.25, 0.3) is 0 Å². The molecule has 2 aromatic carbocycles. The van der Waals surface area contributed by atoms with Crippen LogP contribution in [0.2, 0.25) is 0 Å². The molecule has 0 spiro atoms. The monoisotopic (exact) mass is 351 g/mol. The molecule has 4 rings (SSSR count). The number of rotatable bonds is 5. The van der Waals surface area contributed by atoms with E-state index < -0.39 is 0 Å². The number of hydrogen-bond donors (Lipinski definition) is 0. The number of anilines is 1. The zero-order chi connectivity index (χ0) is 17.9. The van der Waals surface area contributed by atoms with Crippen molar-refractivity contribution in [2.24, 2.45) is 0 Å². The lowest BCUT2D eigenvalue weighted by molar-refractivity contribution is 0.429. The van der Waals surface area contributed by atoms with Crippen molar-refractivity contribution in [3.8, 4) is 0 Å². The summed E-state index contributed by atoms with van der Waals surface area (Å²) in [5.41, 5.74) is 2.02. The largest absolute Gasteiger partial charge is 0.360 e. The highest BCUT2D eigenvalue weighted by Crippen LogP contribution is 2.35. The Morgan fingerprint density at radius 2 is 1.73 bits per heavy atom. The van der Waals surface area contributed by atoms with Gasteiger partial charge in [-0.3, -0.25) is 0 Å². The summed E-state index contributed by atoms with van der Waals surface area (Å²) >= 11 is 0. The maximum absolute atomic E-state index is 13.5. The van der Waals surface area contributed by atoms with Gasteiger partial charge < -0.3 is 4.90 Å². The van der Waals surface area contributed by atoms with E-state index in [0.29, 0.717) is 6.04 Å². The average molecular weight is 351 g/mol. The molecule has 1 aliphatic carbocycles. The Morgan fingerprint density at radius 3 is 2.42 bits per heavy atom. The van der Waals surface area contributed by atoms with Crippen molar-refractivity contribution < 1.29 is 4.39 Å². The van der Waals surface area contributed by atoms with Gasteiger partial charge in [0, 0.05) is 12.7 Å². The first kappa shape index (κ1) is 16.7. The fourth-order valence-electron chi connectivity index (χ4n) is 3.79. The van der Waals surface area contributed by atoms with E-state index >= 15 is 0 Å². The molecule has 1 atom stereocenters. The second-order valence-corrected chi connectivity index (χ2v) is 6.82. The van der Waals surface area contributed by atoms with Crippen molar-refractivity contribution in [2.45, 2.75) is 37.8 Å². The van der Waals surface area contributed by atoms with Crippen molar-refractivity contribution in [3.05, 3.63) is 71.8 Å². The van der Waals surface area contributed by atoms with Crippen LogP contribution in [0.1, 0.15) is 49.2 Å². The lowest BCUT2D eigenvalue weighted by atomic mass is 10.0. The predicted octanol–water partition coefficient (Wildman–Crippen LogP) is 4.15. The summed E-state index contributed by atoms with van der Waals surface area (Å²) in [4.78, 5) is 2.14. The van der Waals surface area contributed by atoms with Gasteiger partial charge in [-0.1, -0.05) is 43.2 Å². The van der Waals surface area contributed by atoms with E-state index in [-0.39, 0.29) is 11.9 Å². The first-order valence-electron chi connectivity index (χ1n) is 9.05. The molecule has 1 aromatic heterocycles. The minimum atomic E-state index is -0.245. The average Bonchev–Trinajstić information content (AvgIpc) is 3.35. The molecule has 0 unspecified atom stereocenters. The first-order valence-corrected chi connectivity index (χ1v) is 9.05. The number of aromatic nitrogens is 4. The van der Waals surface area contributed by atoms with E-state index in [9.17, 15) is 4.39 Å². The van der Waals surface area contributed by atoms with Gasteiger partial charge in [0.15, 0.2) is 5.82 Å². The zero-order valence-corrected chi connectivity index (χ0v) is 14.8. The molecule has 134 valence electrons. The van der Waals surface area contributed by atoms with E-state index in [4.69, 9.17) is 0 Å². The second kappa shape index (κ2) is 7.23. The van der Waals surface area contributed by atoms with Gasteiger partial charge >= 0.3 is 0 Å². The molecular formula is C20H22FN5. The fraction of sp³-hybridized carbons (Fsp3) is 0.350. The van der Waals surface area contributed by atoms with Crippen LogP contribution in [-0.2, 0) is 0 Å². The van der Waals surface area contributed by atoms with Gasteiger partial charge in [-0.05, 0) is 53.1 Å². The molecule has 26 heavy (non-hydrogen) atoms. The lowest BCUT2D eigenvalue weighted by Gasteiger charge is -2.30. The highest BCUT2D eigenvalue weighted by Gasteiger charge is 2.30. The number of halogens is 1. The van der Waals surface area contributed by atoms with Gasteiger partial charge in [-0.15, -0.1) is 5.10 Å². The Morgan fingerprint density at radius 1 is 1.04 bits per heavy atom. The van der Waals surface area contributed by atoms with Gasteiger partial charge in [0.1, 0.15) is 11.9 Å². The van der Waals surface area contributed by atoms with Crippen LogP contribution in [0.3, 0.4) is 0 Å². The Labute approximate surface area is 152 Å². The molecule has 0 N–H and O–H groups in total. The summed E-state index contributed by atoms with van der Waals surface area (Å²) in [7, 11) is 2.02. The highest BCUT2D eigenvalue weighted by molar-refractivity contribution is 5.50. The summed E-state index contributed by atoms with van der Waals surface area (Å²) in [5, 5.41) is 12.6. The van der Waals surface area contributed by atoms with Crippen molar-refractivity contribution >= 4 is 5.69 Å². The zero-order valence-electron chi connectivity index (χ0n) is 14.8. The molecule has 0 bridgehead atoms. The van der Waals surface area contributed by atoms with Crippen molar-refractivity contribution in [1.29, 1.82) is 0 Å². The molecule has 0 aliphatic heterocycles. The van der Waals surface area contributed by atoms with Crippen LogP contribution in [0.4, 0.5) is 10.1 Å². The Balaban J connectivity index is 1.78. The second-order valence-electron chi connectivity index (χ2n) is 6.82. The molecule has 3 aromatic rings. The third-order valence-electron chi connectivity index (χ3n) is 5.17. The maximum Gasteiger partial charge on any atom is 0.178 e. The molecule has 1 saturated carbocycles. The molecule has 1 heterocycles. The van der Waals surface area contributed by atoms with Gasteiger partial charge in [-0.2, -0.15) is 0 Å². The fourth-order valence-corrected chi connectivity index (χ4v) is 3.79. The predicted molar refractivity (Wildman–Crippen MR) is 98.4 cm³/mol. The van der Waals surface area contributed by atoms with Crippen molar-refractivity contribution in [1.82, 2.24) is 20.2 Å². The molecule has 6 heteroatoms. The summed E-state index contributed by atoms with van der Waals surface area (Å²) in [5.74, 6) is 0.556. The molecule has 0 amide bonds. The van der Waals surface area contributed by atoms with Crippen LogP contribution in [0, 0.1) is 5.82 Å². The van der Waals surface area contributed by atoms with E-state index in [0.717, 1.165) is 29.9 Å². The third kappa shape index (κ3) is 3.19. The van der Waals surface area contributed by atoms with Crippen LogP contribution < -0.4 is 4.90 Å². The minimum absolute atomic E-state index is 0.186. The summed E-state index contributed by atoms with van der Waals surface area (Å²) in [6, 6.07) is 16.9. The first-order chi connectivity index (χ1) is 12.7. The molecule has 1 fully saturated rings. The van der Waals surface area contributed by atoms with Gasteiger partial charge in [0.2, 0.25) is 0 Å². The molecular weight excluding hydrogens is 329 g/mol. The van der Waals surface area contributed by atoms with Gasteiger partial charge in [0.05, 0.1) is 6.04 Å². The van der Waals surface area contributed by atoms with Crippen molar-refractivity contribution in [3.63, 3.8) is 0 Å². The number of para-hydroxylation sites is 1. The quantitative estimate of drug-likeness (QED) is 0.693. The standard InChI is InChI=1S/C20H22FN5/c1-25(17-7-3-2-4-8-17)19(15-11-13-16(21)14-12-15)20-22-23-24-26(20)18-9-5-6-10-18/h2-4,7-8,11-14,18-19H,5-6,9-10H2,1H3/t19-/m0/s1. The van der Waals surface area contributed by atoms with Crippen LogP contribution in [0.5, 0.6) is 0 Å².